The van der Waals surface area contributed by atoms with E-state index in [1.165, 1.54) is 33.3 Å². The number of rotatable bonds is 8. The van der Waals surface area contributed by atoms with Gasteiger partial charge in [0, 0.05) is 31.1 Å². The number of sulfonamides is 1. The van der Waals surface area contributed by atoms with E-state index in [-0.39, 0.29) is 22.9 Å². The molecule has 1 fully saturated rings. The Morgan fingerprint density at radius 2 is 1.73 bits per heavy atom. The van der Waals surface area contributed by atoms with Gasteiger partial charge in [0.2, 0.25) is 10.0 Å². The minimum Gasteiger partial charge on any atom is -0.383 e. The largest absolute Gasteiger partial charge is 0.383 e. The van der Waals surface area contributed by atoms with Crippen LogP contribution in [0.15, 0.2) is 58.2 Å². The van der Waals surface area contributed by atoms with Crippen LogP contribution in [0, 0.1) is 0 Å². The lowest BCUT2D eigenvalue weighted by Crippen LogP contribution is -2.30. The molecule has 1 aliphatic heterocycles. The maximum atomic E-state index is 12.7. The number of hydrogen-bond acceptors (Lipinski definition) is 6. The Balaban J connectivity index is 1.52. The molecule has 0 unspecified atom stereocenters. The van der Waals surface area contributed by atoms with Crippen LogP contribution in [0.2, 0.25) is 0 Å². The minimum atomic E-state index is -3.53. The summed E-state index contributed by atoms with van der Waals surface area (Å²) in [4.78, 5) is 25.5. The Morgan fingerprint density at radius 3 is 2.39 bits per heavy atom. The highest BCUT2D eigenvalue weighted by atomic mass is 32.2. The second-order valence-corrected chi connectivity index (χ2v) is 9.77. The van der Waals surface area contributed by atoms with Crippen molar-refractivity contribution in [1.82, 2.24) is 19.4 Å². The molecule has 0 bridgehead atoms. The first kappa shape index (κ1) is 23.1. The van der Waals surface area contributed by atoms with E-state index in [0.717, 1.165) is 12.8 Å². The Bertz CT molecular complexity index is 1310. The van der Waals surface area contributed by atoms with Crippen LogP contribution in [-0.2, 0) is 27.8 Å². The summed E-state index contributed by atoms with van der Waals surface area (Å²) in [5.41, 5.74) is 0.683. The van der Waals surface area contributed by atoms with Gasteiger partial charge in [-0.05, 0) is 43.2 Å². The molecule has 1 saturated heterocycles. The molecule has 0 atom stereocenters. The number of carbonyl (C=O) groups excluding carboxylic acids is 1. The standard InChI is InChI=1S/C23H26N4O5S/c1-32-15-14-27-23(29)20-7-3-2-6-19(20)21(25-27)16-24-22(28)17-8-10-18(11-9-17)33(30,31)26-12-4-5-13-26/h2-3,6-11H,4-5,12-16H2,1H3,(H,24,28). The maximum Gasteiger partial charge on any atom is 0.274 e. The van der Waals surface area contributed by atoms with Crippen molar-refractivity contribution >= 4 is 26.7 Å². The number of aromatic nitrogens is 2. The Hall–Kier alpha value is -3.08. The van der Waals surface area contributed by atoms with Gasteiger partial charge in [-0.2, -0.15) is 9.40 Å². The van der Waals surface area contributed by atoms with Crippen molar-refractivity contribution in [2.75, 3.05) is 26.8 Å². The normalized spacial score (nSPS) is 14.6. The fourth-order valence-corrected chi connectivity index (χ4v) is 5.40. The summed E-state index contributed by atoms with van der Waals surface area (Å²) in [5, 5.41) is 8.42. The molecule has 3 aromatic rings. The lowest BCUT2D eigenvalue weighted by Gasteiger charge is -2.15. The first-order valence-electron chi connectivity index (χ1n) is 10.8. The molecule has 2 heterocycles. The Kier molecular flexibility index (Phi) is 6.87. The van der Waals surface area contributed by atoms with E-state index in [4.69, 9.17) is 4.74 Å². The van der Waals surface area contributed by atoms with Crippen LogP contribution in [0.25, 0.3) is 10.8 Å². The van der Waals surface area contributed by atoms with Gasteiger partial charge >= 0.3 is 0 Å². The summed E-state index contributed by atoms with van der Waals surface area (Å²) >= 11 is 0. The third-order valence-corrected chi connectivity index (χ3v) is 7.60. The van der Waals surface area contributed by atoms with E-state index < -0.39 is 10.0 Å². The summed E-state index contributed by atoms with van der Waals surface area (Å²) in [6.07, 6.45) is 1.72. The molecule has 1 N–H and O–H groups in total. The maximum absolute atomic E-state index is 12.7. The zero-order valence-corrected chi connectivity index (χ0v) is 19.2. The average molecular weight is 471 g/mol. The number of amides is 1. The monoisotopic (exact) mass is 470 g/mol. The number of benzene rings is 2. The zero-order valence-electron chi connectivity index (χ0n) is 18.4. The van der Waals surface area contributed by atoms with Crippen molar-refractivity contribution in [2.45, 2.75) is 30.8 Å². The van der Waals surface area contributed by atoms with Gasteiger partial charge in [0.15, 0.2) is 0 Å². The summed E-state index contributed by atoms with van der Waals surface area (Å²) in [6, 6.07) is 13.0. The highest BCUT2D eigenvalue weighted by Crippen LogP contribution is 2.21. The molecular formula is C23H26N4O5S. The number of fused-ring (bicyclic) bond motifs is 1. The van der Waals surface area contributed by atoms with Gasteiger partial charge in [-0.15, -0.1) is 0 Å². The molecular weight excluding hydrogens is 444 g/mol. The van der Waals surface area contributed by atoms with Crippen molar-refractivity contribution < 1.29 is 17.9 Å². The first-order valence-corrected chi connectivity index (χ1v) is 12.2. The topological polar surface area (TPSA) is 111 Å². The highest BCUT2D eigenvalue weighted by molar-refractivity contribution is 7.89. The second kappa shape index (κ2) is 9.82. The molecule has 2 aromatic carbocycles. The van der Waals surface area contributed by atoms with Crippen molar-refractivity contribution in [3.63, 3.8) is 0 Å². The molecule has 0 spiro atoms. The van der Waals surface area contributed by atoms with Crippen LogP contribution in [0.1, 0.15) is 28.9 Å². The van der Waals surface area contributed by atoms with Crippen LogP contribution < -0.4 is 10.9 Å². The predicted molar refractivity (Wildman–Crippen MR) is 123 cm³/mol. The van der Waals surface area contributed by atoms with Crippen LogP contribution in [0.3, 0.4) is 0 Å². The van der Waals surface area contributed by atoms with Crippen molar-refractivity contribution in [3.05, 3.63) is 70.1 Å². The number of hydrogen-bond donors (Lipinski definition) is 1. The van der Waals surface area contributed by atoms with E-state index in [0.29, 0.717) is 48.3 Å². The molecule has 9 nitrogen and oxygen atoms in total. The third kappa shape index (κ3) is 4.82. The van der Waals surface area contributed by atoms with Gasteiger partial charge in [-0.25, -0.2) is 13.1 Å². The van der Waals surface area contributed by atoms with Crippen molar-refractivity contribution in [2.24, 2.45) is 0 Å². The van der Waals surface area contributed by atoms with Crippen LogP contribution >= 0.6 is 0 Å². The lowest BCUT2D eigenvalue weighted by molar-refractivity contribution is 0.0950. The van der Waals surface area contributed by atoms with Gasteiger partial charge in [0.25, 0.3) is 11.5 Å². The fourth-order valence-electron chi connectivity index (χ4n) is 3.89. The van der Waals surface area contributed by atoms with Gasteiger partial charge in [-0.3, -0.25) is 9.59 Å². The number of carbonyl (C=O) groups is 1. The Morgan fingerprint density at radius 1 is 1.06 bits per heavy atom. The number of methoxy groups -OCH3 is 1. The molecule has 1 amide bonds. The first-order chi connectivity index (χ1) is 15.9. The van der Waals surface area contributed by atoms with E-state index in [9.17, 15) is 18.0 Å². The van der Waals surface area contributed by atoms with E-state index >= 15 is 0 Å². The molecule has 1 aromatic heterocycles. The second-order valence-electron chi connectivity index (χ2n) is 7.83. The molecule has 0 aliphatic carbocycles. The predicted octanol–water partition coefficient (Wildman–Crippen LogP) is 1.76. The van der Waals surface area contributed by atoms with Crippen LogP contribution in [0.5, 0.6) is 0 Å². The van der Waals surface area contributed by atoms with Gasteiger partial charge in [0.1, 0.15) is 0 Å². The molecule has 0 radical (unpaired) electrons. The number of nitrogens with zero attached hydrogens (tertiary/aromatic N) is 3. The smallest absolute Gasteiger partial charge is 0.274 e. The number of ether oxygens (including phenoxy) is 1. The molecule has 174 valence electrons. The van der Waals surface area contributed by atoms with E-state index in [1.54, 1.807) is 25.3 Å². The van der Waals surface area contributed by atoms with Crippen molar-refractivity contribution in [1.29, 1.82) is 0 Å². The molecule has 1 aliphatic rings. The molecule has 4 rings (SSSR count). The summed E-state index contributed by atoms with van der Waals surface area (Å²) in [7, 11) is -1.98. The quantitative estimate of drug-likeness (QED) is 0.537. The average Bonchev–Trinajstić information content (AvgIpc) is 3.39. The minimum absolute atomic E-state index is 0.112. The van der Waals surface area contributed by atoms with E-state index in [1.807, 2.05) is 6.07 Å². The fraction of sp³-hybridized carbons (Fsp3) is 0.348. The van der Waals surface area contributed by atoms with Gasteiger partial charge in [0.05, 0.1) is 35.7 Å². The summed E-state index contributed by atoms with van der Waals surface area (Å²) in [5.74, 6) is -0.361. The van der Waals surface area contributed by atoms with Crippen LogP contribution in [0.4, 0.5) is 0 Å². The van der Waals surface area contributed by atoms with Gasteiger partial charge < -0.3 is 10.1 Å². The molecule has 0 saturated carbocycles. The van der Waals surface area contributed by atoms with Crippen molar-refractivity contribution in [3.8, 4) is 0 Å². The number of nitrogens with one attached hydrogen (secondary N) is 1. The van der Waals surface area contributed by atoms with E-state index in [2.05, 4.69) is 10.4 Å². The highest BCUT2D eigenvalue weighted by Gasteiger charge is 2.27. The summed E-state index contributed by atoms with van der Waals surface area (Å²) in [6.45, 7) is 1.80. The molecule has 33 heavy (non-hydrogen) atoms. The SMILES string of the molecule is COCCn1nc(CNC(=O)c2ccc(S(=O)(=O)N3CCCC3)cc2)c2ccccc2c1=O. The molecule has 10 heteroatoms. The van der Waals surface area contributed by atoms with Gasteiger partial charge in [-0.1, -0.05) is 18.2 Å². The Labute approximate surface area is 192 Å². The lowest BCUT2D eigenvalue weighted by atomic mass is 10.1. The van der Waals surface area contributed by atoms with Crippen LogP contribution in [-0.4, -0.2) is 55.2 Å². The third-order valence-electron chi connectivity index (χ3n) is 5.69. The summed E-state index contributed by atoms with van der Waals surface area (Å²) < 4.78 is 33.2. The zero-order chi connectivity index (χ0) is 23.4.